The summed E-state index contributed by atoms with van der Waals surface area (Å²) in [5.41, 5.74) is 1.06. The van der Waals surface area contributed by atoms with Gasteiger partial charge in [-0.15, -0.1) is 12.4 Å². The normalized spacial score (nSPS) is 20.4. The number of benzene rings is 1. The third-order valence-corrected chi connectivity index (χ3v) is 4.48. The average molecular weight is 340 g/mol. The molecule has 0 unspecified atom stereocenters. The number of amides is 1. The second-order valence-corrected chi connectivity index (χ2v) is 5.97. The third-order valence-electron chi connectivity index (χ3n) is 3.51. The quantitative estimate of drug-likeness (QED) is 0.898. The summed E-state index contributed by atoms with van der Waals surface area (Å²) in [6.45, 7) is 0.715. The maximum absolute atomic E-state index is 12.2. The van der Waals surface area contributed by atoms with Crippen LogP contribution >= 0.6 is 23.7 Å². The number of carbonyl (C=O) groups excluding carboxylic acids is 1. The van der Waals surface area contributed by atoms with Crippen LogP contribution in [0.25, 0.3) is 10.6 Å². The van der Waals surface area contributed by atoms with E-state index in [0.29, 0.717) is 13.0 Å². The molecule has 3 rings (SSSR count). The molecule has 118 valence electrons. The van der Waals surface area contributed by atoms with Gasteiger partial charge in [0.2, 0.25) is 5.91 Å². The van der Waals surface area contributed by atoms with Crippen molar-refractivity contribution in [2.45, 2.75) is 18.6 Å². The summed E-state index contributed by atoms with van der Waals surface area (Å²) in [7, 11) is 1.67. The highest BCUT2D eigenvalue weighted by atomic mass is 35.5. The number of nitrogens with zero attached hydrogens (tertiary/aromatic N) is 1. The number of ether oxygens (including phenoxy) is 1. The van der Waals surface area contributed by atoms with E-state index < -0.39 is 0 Å². The number of carbonyl (C=O) groups is 1. The van der Waals surface area contributed by atoms with Crippen LogP contribution < -0.4 is 10.6 Å². The maximum atomic E-state index is 12.2. The van der Waals surface area contributed by atoms with Gasteiger partial charge in [-0.05, 0) is 6.42 Å². The summed E-state index contributed by atoms with van der Waals surface area (Å²) in [5.74, 6) is -0.0298. The Kier molecular flexibility index (Phi) is 5.90. The first-order chi connectivity index (χ1) is 10.3. The molecule has 0 spiro atoms. The minimum absolute atomic E-state index is 0. The topological polar surface area (TPSA) is 63.2 Å². The van der Waals surface area contributed by atoms with E-state index in [2.05, 4.69) is 15.6 Å². The fourth-order valence-corrected chi connectivity index (χ4v) is 3.16. The molecule has 0 bridgehead atoms. The van der Waals surface area contributed by atoms with Crippen LogP contribution in [0.3, 0.4) is 0 Å². The molecule has 1 aliphatic heterocycles. The highest BCUT2D eigenvalue weighted by molar-refractivity contribution is 7.19. The van der Waals surface area contributed by atoms with Crippen LogP contribution in [-0.2, 0) is 9.53 Å². The van der Waals surface area contributed by atoms with Crippen molar-refractivity contribution >= 4 is 34.7 Å². The van der Waals surface area contributed by atoms with E-state index in [4.69, 9.17) is 4.74 Å². The molecule has 0 aliphatic carbocycles. The Morgan fingerprint density at radius 3 is 2.86 bits per heavy atom. The van der Waals surface area contributed by atoms with Crippen molar-refractivity contribution in [1.29, 1.82) is 0 Å². The van der Waals surface area contributed by atoms with Crippen LogP contribution in [0.15, 0.2) is 36.5 Å². The number of aromatic nitrogens is 1. The Labute approximate surface area is 139 Å². The molecule has 0 radical (unpaired) electrons. The standard InChI is InChI=1S/C15H17N3O2S.ClH/c1-20-11-7-12(16-8-11)14(19)18-13-9-17-15(21-13)10-5-3-2-4-6-10;/h2-6,9,11-12,16H,7-8H2,1H3,(H,18,19);1H/t11-,12+;/m0./s1. The van der Waals surface area contributed by atoms with Gasteiger partial charge >= 0.3 is 0 Å². The van der Waals surface area contributed by atoms with Crippen molar-refractivity contribution in [2.24, 2.45) is 0 Å². The number of methoxy groups -OCH3 is 1. The van der Waals surface area contributed by atoms with E-state index >= 15 is 0 Å². The Balaban J connectivity index is 0.00000176. The summed E-state index contributed by atoms with van der Waals surface area (Å²) in [6, 6.07) is 9.73. The molecule has 1 aliphatic rings. The van der Waals surface area contributed by atoms with Crippen molar-refractivity contribution in [2.75, 3.05) is 19.0 Å². The second kappa shape index (κ2) is 7.69. The smallest absolute Gasteiger partial charge is 0.242 e. The van der Waals surface area contributed by atoms with Gasteiger partial charge in [-0.1, -0.05) is 41.7 Å². The maximum Gasteiger partial charge on any atom is 0.242 e. The van der Waals surface area contributed by atoms with Gasteiger partial charge in [-0.2, -0.15) is 0 Å². The fraction of sp³-hybridized carbons (Fsp3) is 0.333. The largest absolute Gasteiger partial charge is 0.380 e. The fourth-order valence-electron chi connectivity index (χ4n) is 2.34. The van der Waals surface area contributed by atoms with Gasteiger partial charge in [0, 0.05) is 19.2 Å². The van der Waals surface area contributed by atoms with Gasteiger partial charge in [-0.3, -0.25) is 4.79 Å². The summed E-state index contributed by atoms with van der Waals surface area (Å²) < 4.78 is 5.25. The van der Waals surface area contributed by atoms with Crippen LogP contribution in [0.5, 0.6) is 0 Å². The van der Waals surface area contributed by atoms with Crippen LogP contribution in [0.2, 0.25) is 0 Å². The minimum atomic E-state index is -0.197. The molecular weight excluding hydrogens is 322 g/mol. The van der Waals surface area contributed by atoms with Crippen LogP contribution in [-0.4, -0.2) is 36.7 Å². The number of nitrogens with one attached hydrogen (secondary N) is 2. The Morgan fingerprint density at radius 2 is 2.18 bits per heavy atom. The number of halogens is 1. The Hall–Kier alpha value is -1.47. The van der Waals surface area contributed by atoms with E-state index in [1.54, 1.807) is 13.3 Å². The molecule has 1 amide bonds. The van der Waals surface area contributed by atoms with Gasteiger partial charge < -0.3 is 15.4 Å². The summed E-state index contributed by atoms with van der Waals surface area (Å²) in [6.07, 6.45) is 2.52. The van der Waals surface area contributed by atoms with Crippen molar-refractivity contribution in [3.05, 3.63) is 36.5 Å². The number of rotatable bonds is 4. The molecule has 2 aromatic rings. The van der Waals surface area contributed by atoms with Gasteiger partial charge in [0.05, 0.1) is 18.3 Å². The van der Waals surface area contributed by atoms with Crippen LogP contribution in [0.4, 0.5) is 5.00 Å². The monoisotopic (exact) mass is 339 g/mol. The van der Waals surface area contributed by atoms with E-state index in [-0.39, 0.29) is 30.5 Å². The van der Waals surface area contributed by atoms with Crippen molar-refractivity contribution in [3.63, 3.8) is 0 Å². The summed E-state index contributed by atoms with van der Waals surface area (Å²) in [4.78, 5) is 16.5. The molecule has 22 heavy (non-hydrogen) atoms. The molecular formula is C15H18ClN3O2S. The lowest BCUT2D eigenvalue weighted by Crippen LogP contribution is -2.35. The molecule has 1 aromatic heterocycles. The number of hydrogen-bond acceptors (Lipinski definition) is 5. The minimum Gasteiger partial charge on any atom is -0.380 e. The molecule has 1 fully saturated rings. The molecule has 1 saturated heterocycles. The first-order valence-corrected chi connectivity index (χ1v) is 7.66. The molecule has 5 nitrogen and oxygen atoms in total. The van der Waals surface area contributed by atoms with Gasteiger partial charge in [0.15, 0.2) is 0 Å². The Morgan fingerprint density at radius 1 is 1.41 bits per heavy atom. The molecule has 7 heteroatoms. The third kappa shape index (κ3) is 3.84. The Bertz CT molecular complexity index is 620. The van der Waals surface area contributed by atoms with E-state index in [9.17, 15) is 4.79 Å². The highest BCUT2D eigenvalue weighted by Crippen LogP contribution is 2.28. The summed E-state index contributed by atoms with van der Waals surface area (Å²) in [5, 5.41) is 7.75. The average Bonchev–Trinajstić information content (AvgIpc) is 3.17. The first-order valence-electron chi connectivity index (χ1n) is 6.84. The molecule has 2 heterocycles. The molecule has 1 aromatic carbocycles. The second-order valence-electron chi connectivity index (χ2n) is 4.94. The summed E-state index contributed by atoms with van der Waals surface area (Å²) >= 11 is 1.48. The van der Waals surface area contributed by atoms with Crippen LogP contribution in [0.1, 0.15) is 6.42 Å². The van der Waals surface area contributed by atoms with E-state index in [1.807, 2.05) is 30.3 Å². The lowest BCUT2D eigenvalue weighted by molar-refractivity contribution is -0.117. The lowest BCUT2D eigenvalue weighted by atomic mass is 10.2. The van der Waals surface area contributed by atoms with Crippen LogP contribution in [0, 0.1) is 0 Å². The molecule has 2 N–H and O–H groups in total. The SMILES string of the molecule is CO[C@@H]1CN[C@@H](C(=O)Nc2cnc(-c3ccccc3)s2)C1.Cl. The van der Waals surface area contributed by atoms with Crippen molar-refractivity contribution in [1.82, 2.24) is 10.3 Å². The first kappa shape index (κ1) is 16.9. The number of thiazole rings is 1. The number of hydrogen-bond donors (Lipinski definition) is 2. The van der Waals surface area contributed by atoms with Crippen molar-refractivity contribution < 1.29 is 9.53 Å². The predicted octanol–water partition coefficient (Wildman–Crippen LogP) is 2.55. The van der Waals surface area contributed by atoms with Gasteiger partial charge in [0.1, 0.15) is 10.0 Å². The van der Waals surface area contributed by atoms with E-state index in [0.717, 1.165) is 15.6 Å². The van der Waals surface area contributed by atoms with Gasteiger partial charge in [0.25, 0.3) is 0 Å². The van der Waals surface area contributed by atoms with Crippen molar-refractivity contribution in [3.8, 4) is 10.6 Å². The highest BCUT2D eigenvalue weighted by Gasteiger charge is 2.29. The zero-order valence-electron chi connectivity index (χ0n) is 12.1. The zero-order chi connectivity index (χ0) is 14.7. The zero-order valence-corrected chi connectivity index (χ0v) is 13.7. The lowest BCUT2D eigenvalue weighted by Gasteiger charge is -2.09. The number of anilines is 1. The molecule has 0 saturated carbocycles. The van der Waals surface area contributed by atoms with Gasteiger partial charge in [-0.25, -0.2) is 4.98 Å². The van der Waals surface area contributed by atoms with E-state index in [1.165, 1.54) is 11.3 Å². The predicted molar refractivity (Wildman–Crippen MR) is 90.6 cm³/mol. The molecule has 2 atom stereocenters.